The molecule has 0 radical (unpaired) electrons. The van der Waals surface area contributed by atoms with Crippen molar-refractivity contribution < 1.29 is 52.5 Å². The molecule has 67 heavy (non-hydrogen) atoms. The van der Waals surface area contributed by atoms with Crippen molar-refractivity contribution in [2.75, 3.05) is 112 Å². The number of rotatable bonds is 25. The summed E-state index contributed by atoms with van der Waals surface area (Å²) in [6.45, 7) is 13.2. The molecule has 2 heterocycles. The molecule has 1 aromatic rings. The molecule has 4 atom stereocenters. The first kappa shape index (κ1) is 53.5. The van der Waals surface area contributed by atoms with Crippen molar-refractivity contribution in [2.24, 2.45) is 5.92 Å². The summed E-state index contributed by atoms with van der Waals surface area (Å²) in [5.74, 6) is -1.73. The standard InChI is InChI=1S/C49H77N7O11/c1-49(2,3)67-48(62)53(4)35-43(58)52-45(38-14-6-5-7-15-38)47(61)56-34-39(33-42(56)46(60)51-41-18-12-16-37-13-8-9-17-40(37)41)50-44(59)36-66-32-31-65-30-29-64-28-27-63-26-24-55-22-20-54(21-23-55)19-10-11-25-57/h8-11,13,17,25,38-39,41-42,45H,5-7,12,14-16,18-24,26-36H2,1-4H3,(H,50,59)(H,51,60)(H,52,58)/b11-10+/t39?,41-,42?,45?/m1/s1. The molecule has 0 spiro atoms. The number of carbonyl (C=O) groups excluding carboxylic acids is 6. The van der Waals surface area contributed by atoms with Gasteiger partial charge in [0.15, 0.2) is 0 Å². The van der Waals surface area contributed by atoms with Gasteiger partial charge in [-0.3, -0.25) is 33.8 Å². The molecule has 5 amide bonds. The number of hydrogen-bond donors (Lipinski definition) is 3. The molecule has 3 N–H and O–H groups in total. The Labute approximate surface area is 397 Å². The Bertz CT molecular complexity index is 1760. The number of nitrogens with one attached hydrogen (secondary N) is 3. The third-order valence-corrected chi connectivity index (χ3v) is 12.7. The molecule has 1 saturated carbocycles. The summed E-state index contributed by atoms with van der Waals surface area (Å²) in [7, 11) is 1.47. The van der Waals surface area contributed by atoms with Crippen molar-refractivity contribution >= 4 is 36.0 Å². The highest BCUT2D eigenvalue weighted by Crippen LogP contribution is 2.32. The average molecular weight is 940 g/mol. The van der Waals surface area contributed by atoms with E-state index in [1.54, 1.807) is 26.8 Å². The lowest BCUT2D eigenvalue weighted by Crippen LogP contribution is -2.57. The first-order chi connectivity index (χ1) is 32.3. The van der Waals surface area contributed by atoms with Gasteiger partial charge >= 0.3 is 6.09 Å². The molecule has 3 unspecified atom stereocenters. The normalized spacial score (nSPS) is 21.1. The minimum absolute atomic E-state index is 0.0788. The summed E-state index contributed by atoms with van der Waals surface area (Å²) in [5, 5.41) is 9.16. The zero-order valence-electron chi connectivity index (χ0n) is 40.4. The fraction of sp³-hybridized carbons (Fsp3) is 0.714. The number of piperazine rings is 1. The molecule has 374 valence electrons. The van der Waals surface area contributed by atoms with Crippen LogP contribution in [-0.4, -0.2) is 192 Å². The lowest BCUT2D eigenvalue weighted by Gasteiger charge is -2.35. The number of carbonyl (C=O) groups is 6. The van der Waals surface area contributed by atoms with Gasteiger partial charge in [0.25, 0.3) is 0 Å². The molecule has 2 aliphatic heterocycles. The maximum Gasteiger partial charge on any atom is 0.410 e. The van der Waals surface area contributed by atoms with Crippen LogP contribution in [0.5, 0.6) is 0 Å². The summed E-state index contributed by atoms with van der Waals surface area (Å²) >= 11 is 0. The van der Waals surface area contributed by atoms with Gasteiger partial charge in [-0.25, -0.2) is 4.79 Å². The molecule has 2 saturated heterocycles. The van der Waals surface area contributed by atoms with Crippen LogP contribution in [-0.2, 0) is 54.1 Å². The van der Waals surface area contributed by atoms with E-state index < -0.39 is 35.7 Å². The van der Waals surface area contributed by atoms with Gasteiger partial charge in [-0.05, 0) is 82.4 Å². The minimum atomic E-state index is -0.921. The summed E-state index contributed by atoms with van der Waals surface area (Å²) in [6.07, 6.45) is 10.7. The highest BCUT2D eigenvalue weighted by Gasteiger charge is 2.45. The van der Waals surface area contributed by atoms with Crippen LogP contribution in [0, 0.1) is 5.92 Å². The highest BCUT2D eigenvalue weighted by molar-refractivity contribution is 5.94. The van der Waals surface area contributed by atoms with Gasteiger partial charge < -0.3 is 49.4 Å². The minimum Gasteiger partial charge on any atom is -0.444 e. The predicted octanol–water partition coefficient (Wildman–Crippen LogP) is 2.64. The van der Waals surface area contributed by atoms with Gasteiger partial charge in [-0.2, -0.15) is 0 Å². The average Bonchev–Trinajstić information content (AvgIpc) is 3.73. The number of benzene rings is 1. The van der Waals surface area contributed by atoms with E-state index >= 15 is 0 Å². The van der Waals surface area contributed by atoms with Crippen LogP contribution in [0.4, 0.5) is 4.79 Å². The number of nitrogens with zero attached hydrogens (tertiary/aromatic N) is 4. The number of allylic oxidation sites excluding steroid dienone is 1. The smallest absolute Gasteiger partial charge is 0.410 e. The first-order valence-electron chi connectivity index (χ1n) is 24.4. The Hall–Kier alpha value is -4.46. The van der Waals surface area contributed by atoms with Crippen LogP contribution in [0.1, 0.15) is 89.3 Å². The Morgan fingerprint density at radius 3 is 2.15 bits per heavy atom. The van der Waals surface area contributed by atoms with E-state index in [9.17, 15) is 28.8 Å². The van der Waals surface area contributed by atoms with Crippen molar-refractivity contribution in [3.05, 3.63) is 47.5 Å². The van der Waals surface area contributed by atoms with E-state index in [1.807, 2.05) is 24.3 Å². The zero-order chi connectivity index (χ0) is 48.0. The molecule has 18 nitrogen and oxygen atoms in total. The Morgan fingerprint density at radius 2 is 1.46 bits per heavy atom. The number of aryl methyl sites for hydroxylation is 1. The summed E-state index contributed by atoms with van der Waals surface area (Å²) in [6, 6.07) is 5.51. The topological polar surface area (TPSA) is 198 Å². The van der Waals surface area contributed by atoms with Gasteiger partial charge in [0.1, 0.15) is 37.1 Å². The van der Waals surface area contributed by atoms with E-state index in [0.717, 1.165) is 102 Å². The van der Waals surface area contributed by atoms with Crippen molar-refractivity contribution in [3.8, 4) is 0 Å². The second kappa shape index (κ2) is 28.1. The fourth-order valence-corrected chi connectivity index (χ4v) is 9.22. The van der Waals surface area contributed by atoms with Crippen LogP contribution in [0.2, 0.25) is 0 Å². The predicted molar refractivity (Wildman–Crippen MR) is 251 cm³/mol. The van der Waals surface area contributed by atoms with E-state index in [1.165, 1.54) is 22.4 Å². The number of aldehydes is 1. The zero-order valence-corrected chi connectivity index (χ0v) is 40.4. The first-order valence-corrected chi connectivity index (χ1v) is 24.4. The van der Waals surface area contributed by atoms with Crippen LogP contribution in [0.3, 0.4) is 0 Å². The summed E-state index contributed by atoms with van der Waals surface area (Å²) in [4.78, 5) is 86.3. The monoisotopic (exact) mass is 940 g/mol. The maximum atomic E-state index is 14.8. The number of likely N-dealkylation sites (N-methyl/N-ethyl adjacent to an activating group) is 1. The van der Waals surface area contributed by atoms with Gasteiger partial charge in [0.2, 0.25) is 23.6 Å². The number of amides is 5. The van der Waals surface area contributed by atoms with Crippen LogP contribution < -0.4 is 16.0 Å². The van der Waals surface area contributed by atoms with Gasteiger partial charge in [-0.15, -0.1) is 0 Å². The number of ether oxygens (including phenoxy) is 5. The maximum absolute atomic E-state index is 14.8. The molecule has 5 rings (SSSR count). The third kappa shape index (κ3) is 18.5. The molecule has 18 heteroatoms. The lowest BCUT2D eigenvalue weighted by molar-refractivity contribution is -0.143. The molecule has 1 aromatic carbocycles. The van der Waals surface area contributed by atoms with E-state index in [-0.39, 0.29) is 69.0 Å². The van der Waals surface area contributed by atoms with E-state index in [4.69, 9.17) is 23.7 Å². The van der Waals surface area contributed by atoms with Crippen LogP contribution >= 0.6 is 0 Å². The number of fused-ring (bicyclic) bond motifs is 1. The van der Waals surface area contributed by atoms with Crippen LogP contribution in [0.15, 0.2) is 36.4 Å². The molecular formula is C49H77N7O11. The van der Waals surface area contributed by atoms with E-state index in [0.29, 0.717) is 33.0 Å². The van der Waals surface area contributed by atoms with Gasteiger partial charge in [0.05, 0.1) is 52.3 Å². The second-order valence-electron chi connectivity index (χ2n) is 19.0. The molecule has 2 aliphatic carbocycles. The second-order valence-corrected chi connectivity index (χ2v) is 19.0. The Balaban J connectivity index is 1.06. The summed E-state index contributed by atoms with van der Waals surface area (Å²) in [5.41, 5.74) is 1.51. The molecule has 0 aromatic heterocycles. The van der Waals surface area contributed by atoms with Crippen molar-refractivity contribution in [3.63, 3.8) is 0 Å². The Kier molecular flexibility index (Phi) is 22.5. The largest absolute Gasteiger partial charge is 0.444 e. The number of hydrogen-bond acceptors (Lipinski definition) is 13. The van der Waals surface area contributed by atoms with Crippen molar-refractivity contribution in [2.45, 2.75) is 108 Å². The van der Waals surface area contributed by atoms with Crippen molar-refractivity contribution in [1.29, 1.82) is 0 Å². The molecular weight excluding hydrogens is 863 g/mol. The van der Waals surface area contributed by atoms with Crippen LogP contribution in [0.25, 0.3) is 0 Å². The third-order valence-electron chi connectivity index (χ3n) is 12.7. The van der Waals surface area contributed by atoms with Gasteiger partial charge in [-0.1, -0.05) is 49.6 Å². The fourth-order valence-electron chi connectivity index (χ4n) is 9.22. The number of likely N-dealkylation sites (tertiary alicyclic amines) is 1. The SMILES string of the molecule is CN(CC(=O)NC(C(=O)N1CC(NC(=O)COCCOCCOCCOCCN2CCN(C/C=C/C=O)CC2)CC1C(=O)N[C@@H]1CCCc2ccccc21)C1CCCCC1)C(=O)OC(C)(C)C. The molecule has 0 bridgehead atoms. The Morgan fingerprint density at radius 1 is 0.806 bits per heavy atom. The van der Waals surface area contributed by atoms with E-state index in [2.05, 4.69) is 31.8 Å². The molecule has 4 aliphatic rings. The quantitative estimate of drug-likeness (QED) is 0.0736. The highest BCUT2D eigenvalue weighted by atomic mass is 16.6. The lowest BCUT2D eigenvalue weighted by atomic mass is 9.83. The summed E-state index contributed by atoms with van der Waals surface area (Å²) < 4.78 is 28.0. The van der Waals surface area contributed by atoms with Crippen molar-refractivity contribution in [1.82, 2.24) is 35.6 Å². The van der Waals surface area contributed by atoms with Gasteiger partial charge in [0, 0.05) is 58.9 Å². The molecule has 3 fully saturated rings.